The maximum atomic E-state index is 12.3. The van der Waals surface area contributed by atoms with Gasteiger partial charge >= 0.3 is 0 Å². The molecule has 0 aliphatic carbocycles. The third kappa shape index (κ3) is 2.70. The number of nitrogens with zero attached hydrogens (tertiary/aromatic N) is 1. The first-order chi connectivity index (χ1) is 11.3. The fourth-order valence-corrected chi connectivity index (χ4v) is 3.03. The zero-order valence-corrected chi connectivity index (χ0v) is 12.7. The number of rotatable bonds is 4. The van der Waals surface area contributed by atoms with Crippen molar-refractivity contribution in [1.29, 1.82) is 0 Å². The molecule has 4 rings (SSSR count). The predicted octanol–water partition coefficient (Wildman–Crippen LogP) is 2.81. The maximum Gasteiger partial charge on any atom is 0.246 e. The molecule has 0 bridgehead atoms. The van der Waals surface area contributed by atoms with Crippen molar-refractivity contribution in [1.82, 2.24) is 0 Å². The second-order valence-corrected chi connectivity index (χ2v) is 5.71. The van der Waals surface area contributed by atoms with Crippen LogP contribution in [0, 0.1) is 0 Å². The Hall–Kier alpha value is -2.69. The number of ether oxygens (including phenoxy) is 2. The molecule has 2 aliphatic rings. The summed E-state index contributed by atoms with van der Waals surface area (Å²) in [6.07, 6.45) is 1.88. The largest absolute Gasteiger partial charge is 0.454 e. The van der Waals surface area contributed by atoms with E-state index in [0.717, 1.165) is 30.0 Å². The Balaban J connectivity index is 1.51. The van der Waals surface area contributed by atoms with E-state index in [1.807, 2.05) is 35.2 Å². The van der Waals surface area contributed by atoms with Crippen LogP contribution in [0.25, 0.3) is 0 Å². The van der Waals surface area contributed by atoms with Crippen molar-refractivity contribution in [2.24, 2.45) is 0 Å². The van der Waals surface area contributed by atoms with E-state index in [4.69, 9.17) is 9.47 Å². The van der Waals surface area contributed by atoms with Gasteiger partial charge in [-0.2, -0.15) is 0 Å². The lowest BCUT2D eigenvalue weighted by Crippen LogP contribution is -2.40. The van der Waals surface area contributed by atoms with Gasteiger partial charge in [-0.05, 0) is 18.4 Å². The Morgan fingerprint density at radius 3 is 2.70 bits per heavy atom. The van der Waals surface area contributed by atoms with E-state index < -0.39 is 0 Å². The number of aryl methyl sites for hydroxylation is 1. The van der Waals surface area contributed by atoms with Crippen molar-refractivity contribution in [3.8, 4) is 11.5 Å². The summed E-state index contributed by atoms with van der Waals surface area (Å²) in [5.41, 5.74) is 3.09. The van der Waals surface area contributed by atoms with Crippen molar-refractivity contribution >= 4 is 17.3 Å². The summed E-state index contributed by atoms with van der Waals surface area (Å²) in [4.78, 5) is 14.1. The molecule has 23 heavy (non-hydrogen) atoms. The van der Waals surface area contributed by atoms with Gasteiger partial charge in [0, 0.05) is 18.7 Å². The number of nitrogens with one attached hydrogen (secondary N) is 1. The first-order valence-corrected chi connectivity index (χ1v) is 7.83. The van der Waals surface area contributed by atoms with Gasteiger partial charge in [0.1, 0.15) is 0 Å². The molecule has 118 valence electrons. The summed E-state index contributed by atoms with van der Waals surface area (Å²) in [5.74, 6) is 1.52. The van der Waals surface area contributed by atoms with E-state index in [9.17, 15) is 4.79 Å². The number of anilines is 2. The molecule has 1 N–H and O–H groups in total. The molecule has 0 fully saturated rings. The smallest absolute Gasteiger partial charge is 0.246 e. The Bertz CT molecular complexity index is 731. The lowest BCUT2D eigenvalue weighted by molar-refractivity contribution is -0.117. The van der Waals surface area contributed by atoms with E-state index in [1.54, 1.807) is 0 Å². The van der Waals surface area contributed by atoms with Gasteiger partial charge in [-0.1, -0.05) is 30.3 Å². The highest BCUT2D eigenvalue weighted by Gasteiger charge is 2.27. The summed E-state index contributed by atoms with van der Waals surface area (Å²) in [6.45, 7) is 1.25. The van der Waals surface area contributed by atoms with Crippen LogP contribution in [0.5, 0.6) is 11.5 Å². The van der Waals surface area contributed by atoms with Crippen LogP contribution in [0.15, 0.2) is 42.5 Å². The fourth-order valence-electron chi connectivity index (χ4n) is 3.03. The average molecular weight is 310 g/mol. The summed E-state index contributed by atoms with van der Waals surface area (Å²) in [7, 11) is 0. The van der Waals surface area contributed by atoms with Gasteiger partial charge in [-0.15, -0.1) is 0 Å². The van der Waals surface area contributed by atoms with Crippen LogP contribution in [0.4, 0.5) is 11.4 Å². The van der Waals surface area contributed by atoms with E-state index in [0.29, 0.717) is 18.8 Å². The SMILES string of the molecule is O=C1CNc2cc3c(cc2N1CCCc1ccccc1)OCO3. The minimum atomic E-state index is 0.0874. The van der Waals surface area contributed by atoms with Crippen molar-refractivity contribution in [3.63, 3.8) is 0 Å². The topological polar surface area (TPSA) is 50.8 Å². The van der Waals surface area contributed by atoms with E-state index in [1.165, 1.54) is 5.56 Å². The van der Waals surface area contributed by atoms with Gasteiger partial charge in [0.15, 0.2) is 11.5 Å². The lowest BCUT2D eigenvalue weighted by atomic mass is 10.1. The maximum absolute atomic E-state index is 12.3. The summed E-state index contributed by atoms with van der Waals surface area (Å²) in [6, 6.07) is 14.1. The average Bonchev–Trinajstić information content (AvgIpc) is 3.03. The minimum Gasteiger partial charge on any atom is -0.454 e. The zero-order chi connectivity index (χ0) is 15.6. The van der Waals surface area contributed by atoms with Crippen molar-refractivity contribution < 1.29 is 14.3 Å². The molecule has 1 amide bonds. The molecular weight excluding hydrogens is 292 g/mol. The van der Waals surface area contributed by atoms with E-state index >= 15 is 0 Å². The highest BCUT2D eigenvalue weighted by molar-refractivity contribution is 6.03. The summed E-state index contributed by atoms with van der Waals surface area (Å²) in [5, 5.41) is 3.15. The Kier molecular flexibility index (Phi) is 3.54. The first kappa shape index (κ1) is 13.9. The molecular formula is C18H18N2O3. The van der Waals surface area contributed by atoms with E-state index in [-0.39, 0.29) is 12.7 Å². The third-order valence-electron chi connectivity index (χ3n) is 4.20. The van der Waals surface area contributed by atoms with E-state index in [2.05, 4.69) is 17.4 Å². The normalized spacial score (nSPS) is 15.3. The van der Waals surface area contributed by atoms with Crippen LogP contribution in [0.1, 0.15) is 12.0 Å². The fraction of sp³-hybridized carbons (Fsp3) is 0.278. The summed E-state index contributed by atoms with van der Waals surface area (Å²) >= 11 is 0. The van der Waals surface area contributed by atoms with Crippen LogP contribution in [0.2, 0.25) is 0 Å². The molecule has 2 aromatic rings. The molecule has 0 unspecified atom stereocenters. The number of carbonyl (C=O) groups is 1. The van der Waals surface area contributed by atoms with Gasteiger partial charge in [0.25, 0.3) is 0 Å². The molecule has 0 saturated carbocycles. The quantitative estimate of drug-likeness (QED) is 0.943. The minimum absolute atomic E-state index is 0.0874. The van der Waals surface area contributed by atoms with Gasteiger partial charge < -0.3 is 19.7 Å². The highest BCUT2D eigenvalue weighted by atomic mass is 16.7. The van der Waals surface area contributed by atoms with Crippen LogP contribution in [0.3, 0.4) is 0 Å². The third-order valence-corrected chi connectivity index (χ3v) is 4.20. The van der Waals surface area contributed by atoms with Crippen LogP contribution in [-0.2, 0) is 11.2 Å². The number of benzene rings is 2. The number of hydrogen-bond donors (Lipinski definition) is 1. The lowest BCUT2D eigenvalue weighted by Gasteiger charge is -2.30. The number of hydrogen-bond acceptors (Lipinski definition) is 4. The number of fused-ring (bicyclic) bond motifs is 2. The molecule has 0 radical (unpaired) electrons. The second kappa shape index (κ2) is 5.83. The summed E-state index contributed by atoms with van der Waals surface area (Å²) < 4.78 is 10.8. The molecule has 0 aromatic heterocycles. The van der Waals surface area contributed by atoms with Gasteiger partial charge in [-0.25, -0.2) is 0 Å². The first-order valence-electron chi connectivity index (χ1n) is 7.83. The van der Waals surface area contributed by atoms with Crippen molar-refractivity contribution in [2.45, 2.75) is 12.8 Å². The number of amides is 1. The highest BCUT2D eigenvalue weighted by Crippen LogP contribution is 2.42. The molecule has 5 heteroatoms. The molecule has 2 heterocycles. The van der Waals surface area contributed by atoms with Crippen LogP contribution < -0.4 is 19.7 Å². The second-order valence-electron chi connectivity index (χ2n) is 5.71. The standard InChI is InChI=1S/C18H18N2O3/c21-18-11-19-14-9-16-17(23-12-22-16)10-15(14)20(18)8-4-7-13-5-2-1-3-6-13/h1-3,5-6,9-10,19H,4,7-8,11-12H2. The zero-order valence-electron chi connectivity index (χ0n) is 12.7. The van der Waals surface area contributed by atoms with Crippen molar-refractivity contribution in [2.75, 3.05) is 30.1 Å². The molecule has 0 atom stereocenters. The number of carbonyl (C=O) groups excluding carboxylic acids is 1. The van der Waals surface area contributed by atoms with Gasteiger partial charge in [0.05, 0.1) is 17.9 Å². The van der Waals surface area contributed by atoms with Crippen molar-refractivity contribution in [3.05, 3.63) is 48.0 Å². The Morgan fingerprint density at radius 1 is 1.09 bits per heavy atom. The molecule has 2 aliphatic heterocycles. The van der Waals surface area contributed by atoms with Crippen LogP contribution in [-0.4, -0.2) is 25.8 Å². The Labute approximate surface area is 134 Å². The molecule has 0 saturated heterocycles. The van der Waals surface area contributed by atoms with Gasteiger partial charge in [-0.3, -0.25) is 4.79 Å². The molecule has 5 nitrogen and oxygen atoms in total. The predicted molar refractivity (Wildman–Crippen MR) is 88.2 cm³/mol. The van der Waals surface area contributed by atoms with Crippen LogP contribution >= 0.6 is 0 Å². The Morgan fingerprint density at radius 2 is 1.87 bits per heavy atom. The van der Waals surface area contributed by atoms with Gasteiger partial charge in [0.2, 0.25) is 12.7 Å². The molecule has 0 spiro atoms. The molecule has 2 aromatic carbocycles. The monoisotopic (exact) mass is 310 g/mol.